The minimum atomic E-state index is -3.72. The lowest BCUT2D eigenvalue weighted by atomic mass is 10.1. The Hall–Kier alpha value is -3.23. The second-order valence-electron chi connectivity index (χ2n) is 7.55. The van der Waals surface area contributed by atoms with Crippen LogP contribution in [0.25, 0.3) is 10.2 Å². The number of amides is 1. The maximum atomic E-state index is 12.7. The number of nitrogens with one attached hydrogen (secondary N) is 2. The van der Waals surface area contributed by atoms with Crippen LogP contribution in [0, 0.1) is 13.8 Å². The first-order valence-corrected chi connectivity index (χ1v) is 12.4. The molecule has 1 amide bonds. The van der Waals surface area contributed by atoms with Crippen molar-refractivity contribution in [2.24, 2.45) is 0 Å². The summed E-state index contributed by atoms with van der Waals surface area (Å²) >= 11 is 1.59. The van der Waals surface area contributed by atoms with Crippen molar-refractivity contribution in [1.29, 1.82) is 0 Å². The third-order valence-electron chi connectivity index (χ3n) is 5.11. The molecular weight excluding hydrogens is 442 g/mol. The molecule has 0 atom stereocenters. The number of anilines is 2. The Balaban J connectivity index is 1.36. The van der Waals surface area contributed by atoms with Crippen molar-refractivity contribution < 1.29 is 13.2 Å². The predicted molar refractivity (Wildman–Crippen MR) is 130 cm³/mol. The van der Waals surface area contributed by atoms with Crippen molar-refractivity contribution in [3.63, 3.8) is 0 Å². The normalized spacial score (nSPS) is 11.4. The molecule has 0 spiro atoms. The number of para-hydroxylation sites is 1. The van der Waals surface area contributed by atoms with Crippen molar-refractivity contribution in [2.45, 2.75) is 31.6 Å². The van der Waals surface area contributed by atoms with Gasteiger partial charge in [0.2, 0.25) is 5.91 Å². The molecule has 0 aliphatic rings. The van der Waals surface area contributed by atoms with Gasteiger partial charge in [-0.2, -0.15) is 0 Å². The number of fused-ring (bicyclic) bond motifs is 1. The fourth-order valence-electron chi connectivity index (χ4n) is 3.21. The van der Waals surface area contributed by atoms with Crippen LogP contribution in [-0.4, -0.2) is 19.3 Å². The second kappa shape index (κ2) is 9.10. The van der Waals surface area contributed by atoms with Crippen molar-refractivity contribution >= 4 is 48.9 Å². The Kier molecular flexibility index (Phi) is 6.25. The van der Waals surface area contributed by atoms with E-state index >= 15 is 0 Å². The monoisotopic (exact) mass is 465 g/mol. The molecule has 1 heterocycles. The number of rotatable bonds is 7. The number of carbonyl (C=O) groups is 1. The number of carbonyl (C=O) groups excluding carboxylic acids is 1. The average Bonchev–Trinajstić information content (AvgIpc) is 3.18. The number of aryl methyl sites for hydroxylation is 3. The molecular formula is C24H23N3O3S2. The number of sulfonamides is 1. The number of thiazole rings is 1. The zero-order valence-electron chi connectivity index (χ0n) is 17.8. The van der Waals surface area contributed by atoms with E-state index in [-0.39, 0.29) is 10.8 Å². The lowest BCUT2D eigenvalue weighted by molar-refractivity contribution is -0.116. The van der Waals surface area contributed by atoms with Crippen LogP contribution in [0.1, 0.15) is 22.6 Å². The van der Waals surface area contributed by atoms with Gasteiger partial charge in [-0.3, -0.25) is 9.52 Å². The second-order valence-corrected chi connectivity index (χ2v) is 10.4. The molecule has 8 heteroatoms. The molecule has 4 rings (SSSR count). The smallest absolute Gasteiger partial charge is 0.261 e. The summed E-state index contributed by atoms with van der Waals surface area (Å²) in [5.74, 6) is -0.145. The van der Waals surface area contributed by atoms with Crippen LogP contribution in [0.2, 0.25) is 0 Å². The van der Waals surface area contributed by atoms with E-state index in [1.807, 2.05) is 44.2 Å². The van der Waals surface area contributed by atoms with Gasteiger partial charge in [0.1, 0.15) is 0 Å². The molecule has 1 aromatic heterocycles. The van der Waals surface area contributed by atoms with Crippen LogP contribution in [0.3, 0.4) is 0 Å². The van der Waals surface area contributed by atoms with Gasteiger partial charge in [0.05, 0.1) is 20.1 Å². The van der Waals surface area contributed by atoms with Crippen molar-refractivity contribution in [3.8, 4) is 0 Å². The molecule has 0 saturated carbocycles. The van der Waals surface area contributed by atoms with Gasteiger partial charge in [-0.25, -0.2) is 13.4 Å². The quantitative estimate of drug-likeness (QED) is 0.388. The van der Waals surface area contributed by atoms with Gasteiger partial charge in [0, 0.05) is 24.2 Å². The maximum Gasteiger partial charge on any atom is 0.261 e. The fourth-order valence-corrected chi connectivity index (χ4v) is 5.22. The van der Waals surface area contributed by atoms with Gasteiger partial charge < -0.3 is 5.32 Å². The molecule has 164 valence electrons. The first-order valence-electron chi connectivity index (χ1n) is 10.1. The van der Waals surface area contributed by atoms with Gasteiger partial charge in [-0.1, -0.05) is 18.2 Å². The number of hydrogen-bond donors (Lipinski definition) is 2. The first kappa shape index (κ1) is 22.0. The molecule has 0 radical (unpaired) electrons. The first-order chi connectivity index (χ1) is 15.3. The Bertz CT molecular complexity index is 1340. The Labute approximate surface area is 191 Å². The zero-order valence-corrected chi connectivity index (χ0v) is 19.4. The van der Waals surface area contributed by atoms with Gasteiger partial charge in [0.15, 0.2) is 0 Å². The van der Waals surface area contributed by atoms with E-state index < -0.39 is 10.0 Å². The van der Waals surface area contributed by atoms with E-state index in [1.54, 1.807) is 35.6 Å². The highest BCUT2D eigenvalue weighted by atomic mass is 32.2. The third kappa shape index (κ3) is 5.15. The molecule has 0 aliphatic carbocycles. The lowest BCUT2D eigenvalue weighted by Gasteiger charge is -2.11. The summed E-state index contributed by atoms with van der Waals surface area (Å²) in [5, 5.41) is 3.73. The summed E-state index contributed by atoms with van der Waals surface area (Å²) < 4.78 is 29.0. The summed E-state index contributed by atoms with van der Waals surface area (Å²) in [6, 6.07) is 19.4. The molecule has 2 N–H and O–H groups in total. The molecule has 0 aliphatic heterocycles. The van der Waals surface area contributed by atoms with E-state index in [0.717, 1.165) is 26.4 Å². The minimum absolute atomic E-state index is 0.128. The standard InChI is InChI=1S/C24H23N3O3S2/c1-16-7-8-19(15-17(16)2)27-32(29,30)20-11-9-18(10-12-20)25-23(28)13-14-24-26-21-5-3-4-6-22(21)31-24/h3-12,15,27H,13-14H2,1-2H3,(H,25,28). The lowest BCUT2D eigenvalue weighted by Crippen LogP contribution is -2.14. The van der Waals surface area contributed by atoms with E-state index in [0.29, 0.717) is 24.2 Å². The molecule has 0 saturated heterocycles. The Morgan fingerprint density at radius 1 is 0.938 bits per heavy atom. The van der Waals surface area contributed by atoms with Gasteiger partial charge in [-0.15, -0.1) is 11.3 Å². The van der Waals surface area contributed by atoms with E-state index in [1.165, 1.54) is 12.1 Å². The topological polar surface area (TPSA) is 88.2 Å². The van der Waals surface area contributed by atoms with Crippen LogP contribution in [0.5, 0.6) is 0 Å². The Morgan fingerprint density at radius 2 is 1.66 bits per heavy atom. The summed E-state index contributed by atoms with van der Waals surface area (Å²) in [5.41, 5.74) is 4.11. The molecule has 0 bridgehead atoms. The van der Waals surface area contributed by atoms with Crippen LogP contribution in [0.4, 0.5) is 11.4 Å². The summed E-state index contributed by atoms with van der Waals surface area (Å²) in [4.78, 5) is 17.0. The third-order valence-corrected chi connectivity index (χ3v) is 7.60. The molecule has 3 aromatic carbocycles. The summed E-state index contributed by atoms with van der Waals surface area (Å²) in [7, 11) is -3.72. The van der Waals surface area contributed by atoms with Crippen LogP contribution in [0.15, 0.2) is 71.6 Å². The largest absolute Gasteiger partial charge is 0.326 e. The van der Waals surface area contributed by atoms with Crippen LogP contribution >= 0.6 is 11.3 Å². The van der Waals surface area contributed by atoms with Crippen molar-refractivity contribution in [1.82, 2.24) is 4.98 Å². The summed E-state index contributed by atoms with van der Waals surface area (Å²) in [6.45, 7) is 3.90. The van der Waals surface area contributed by atoms with Crippen LogP contribution < -0.4 is 10.0 Å². The number of benzene rings is 3. The van der Waals surface area contributed by atoms with Gasteiger partial charge in [-0.05, 0) is 73.5 Å². The molecule has 0 fully saturated rings. The highest BCUT2D eigenvalue weighted by Gasteiger charge is 2.15. The number of nitrogens with zero attached hydrogens (tertiary/aromatic N) is 1. The van der Waals surface area contributed by atoms with Crippen molar-refractivity contribution in [2.75, 3.05) is 10.0 Å². The SMILES string of the molecule is Cc1ccc(NS(=O)(=O)c2ccc(NC(=O)CCc3nc4ccccc4s3)cc2)cc1C. The number of aromatic nitrogens is 1. The highest BCUT2D eigenvalue weighted by Crippen LogP contribution is 2.23. The molecule has 0 unspecified atom stereocenters. The Morgan fingerprint density at radius 3 is 2.38 bits per heavy atom. The van der Waals surface area contributed by atoms with Gasteiger partial charge in [0.25, 0.3) is 10.0 Å². The summed E-state index contributed by atoms with van der Waals surface area (Å²) in [6.07, 6.45) is 0.853. The minimum Gasteiger partial charge on any atom is -0.326 e. The highest BCUT2D eigenvalue weighted by molar-refractivity contribution is 7.92. The maximum absolute atomic E-state index is 12.7. The van der Waals surface area contributed by atoms with Crippen LogP contribution in [-0.2, 0) is 21.2 Å². The van der Waals surface area contributed by atoms with E-state index in [2.05, 4.69) is 15.0 Å². The molecule has 4 aromatic rings. The zero-order chi connectivity index (χ0) is 22.7. The van der Waals surface area contributed by atoms with E-state index in [4.69, 9.17) is 0 Å². The van der Waals surface area contributed by atoms with Crippen molar-refractivity contribution in [3.05, 3.63) is 82.9 Å². The van der Waals surface area contributed by atoms with E-state index in [9.17, 15) is 13.2 Å². The number of hydrogen-bond acceptors (Lipinski definition) is 5. The fraction of sp³-hybridized carbons (Fsp3) is 0.167. The molecule has 6 nitrogen and oxygen atoms in total. The average molecular weight is 466 g/mol. The predicted octanol–water partition coefficient (Wildman–Crippen LogP) is 5.29. The van der Waals surface area contributed by atoms with Gasteiger partial charge >= 0.3 is 0 Å². The molecule has 32 heavy (non-hydrogen) atoms.